The van der Waals surface area contributed by atoms with E-state index in [0.29, 0.717) is 27.8 Å². The number of hydrogen-bond donors (Lipinski definition) is 1. The summed E-state index contributed by atoms with van der Waals surface area (Å²) in [7, 11) is 3.06. The smallest absolute Gasteiger partial charge is 0.294 e. The van der Waals surface area contributed by atoms with Crippen molar-refractivity contribution < 1.29 is 23.9 Å². The van der Waals surface area contributed by atoms with Crippen LogP contribution in [0.3, 0.4) is 0 Å². The summed E-state index contributed by atoms with van der Waals surface area (Å²) in [5, 5.41) is 2.67. The third kappa shape index (κ3) is 4.77. The monoisotopic (exact) mass is 446 g/mol. The van der Waals surface area contributed by atoms with Gasteiger partial charge in [-0.3, -0.25) is 19.3 Å². The fraction of sp³-hybridized carbons (Fsp3) is 0.190. The Balaban J connectivity index is 1.76. The molecular weight excluding hydrogens is 428 g/mol. The summed E-state index contributed by atoms with van der Waals surface area (Å²) in [6.45, 7) is 1.48. The van der Waals surface area contributed by atoms with Crippen LogP contribution in [-0.4, -0.2) is 42.7 Å². The number of carbonyl (C=O) groups is 3. The highest BCUT2D eigenvalue weighted by Crippen LogP contribution is 2.35. The maximum atomic E-state index is 12.7. The Hall–Kier alpha value is -2.97. The van der Waals surface area contributed by atoms with Crippen molar-refractivity contribution in [2.45, 2.75) is 6.92 Å². The van der Waals surface area contributed by atoms with Crippen LogP contribution in [0.5, 0.6) is 11.5 Å². The van der Waals surface area contributed by atoms with Gasteiger partial charge in [0.25, 0.3) is 11.1 Å². The lowest BCUT2D eigenvalue weighted by Crippen LogP contribution is -2.36. The van der Waals surface area contributed by atoms with Gasteiger partial charge >= 0.3 is 0 Å². The summed E-state index contributed by atoms with van der Waals surface area (Å²) in [5.41, 5.74) is 2.08. The van der Waals surface area contributed by atoms with E-state index in [1.54, 1.807) is 42.5 Å². The van der Waals surface area contributed by atoms with Gasteiger partial charge in [-0.15, -0.1) is 0 Å². The van der Waals surface area contributed by atoms with E-state index in [1.165, 1.54) is 14.2 Å². The second kappa shape index (κ2) is 9.23. The van der Waals surface area contributed by atoms with Crippen molar-refractivity contribution in [2.24, 2.45) is 0 Å². The zero-order valence-corrected chi connectivity index (χ0v) is 18.1. The topological polar surface area (TPSA) is 84.9 Å². The number of carbonyl (C=O) groups excluding carboxylic acids is 3. The van der Waals surface area contributed by atoms with Gasteiger partial charge in [-0.05, 0) is 72.3 Å². The predicted molar refractivity (Wildman–Crippen MR) is 117 cm³/mol. The molecule has 0 saturated carbocycles. The Labute approximate surface area is 183 Å². The van der Waals surface area contributed by atoms with Crippen LogP contribution < -0.4 is 14.8 Å². The number of benzene rings is 2. The van der Waals surface area contributed by atoms with E-state index in [2.05, 4.69) is 5.32 Å². The number of thioether (sulfide) groups is 1. The molecule has 0 spiro atoms. The average Bonchev–Trinajstić information content (AvgIpc) is 2.98. The highest BCUT2D eigenvalue weighted by molar-refractivity contribution is 8.18. The van der Waals surface area contributed by atoms with Crippen molar-refractivity contribution in [1.82, 2.24) is 4.90 Å². The van der Waals surface area contributed by atoms with Crippen LogP contribution in [0, 0.1) is 6.92 Å². The standard InChI is InChI=1S/C21H19ClN2O5S/c1-12-8-16(28-2)17(29-3)9-13(12)10-18-20(26)24(21(27)30-18)11-19(25)23-15-6-4-14(22)5-7-15/h4-10H,11H2,1-3H3,(H,23,25). The Bertz CT molecular complexity index is 1040. The van der Waals surface area contributed by atoms with E-state index in [9.17, 15) is 14.4 Å². The molecule has 1 fully saturated rings. The summed E-state index contributed by atoms with van der Waals surface area (Å²) in [6, 6.07) is 10.0. The molecule has 7 nitrogen and oxygen atoms in total. The molecule has 0 aliphatic carbocycles. The predicted octanol–water partition coefficient (Wildman–Crippen LogP) is 4.34. The zero-order chi connectivity index (χ0) is 21.8. The number of ether oxygens (including phenoxy) is 2. The molecule has 9 heteroatoms. The Kier molecular flexibility index (Phi) is 6.69. The van der Waals surface area contributed by atoms with Crippen LogP contribution in [0.15, 0.2) is 41.3 Å². The number of imide groups is 1. The van der Waals surface area contributed by atoms with E-state index < -0.39 is 17.1 Å². The molecule has 1 aliphatic heterocycles. The Morgan fingerprint density at radius 3 is 2.40 bits per heavy atom. The molecule has 1 saturated heterocycles. The van der Waals surface area contributed by atoms with Crippen LogP contribution in [0.1, 0.15) is 11.1 Å². The summed E-state index contributed by atoms with van der Waals surface area (Å²) in [6.07, 6.45) is 1.61. The summed E-state index contributed by atoms with van der Waals surface area (Å²) < 4.78 is 10.6. The van der Waals surface area contributed by atoms with Crippen LogP contribution in [0.4, 0.5) is 10.5 Å². The molecule has 2 aromatic carbocycles. The molecule has 0 radical (unpaired) electrons. The van der Waals surface area contributed by atoms with Gasteiger partial charge < -0.3 is 14.8 Å². The fourth-order valence-electron chi connectivity index (χ4n) is 2.81. The minimum atomic E-state index is -0.523. The molecule has 0 aromatic heterocycles. The number of amides is 3. The van der Waals surface area contributed by atoms with Crippen LogP contribution >= 0.6 is 23.4 Å². The minimum Gasteiger partial charge on any atom is -0.493 e. The van der Waals surface area contributed by atoms with E-state index in [4.69, 9.17) is 21.1 Å². The summed E-state index contributed by atoms with van der Waals surface area (Å²) >= 11 is 6.61. The molecule has 3 amide bonds. The van der Waals surface area contributed by atoms with Gasteiger partial charge in [-0.25, -0.2) is 0 Å². The molecule has 156 valence electrons. The number of aryl methyl sites for hydroxylation is 1. The molecule has 1 heterocycles. The van der Waals surface area contributed by atoms with E-state index in [0.717, 1.165) is 22.2 Å². The first kappa shape index (κ1) is 21.7. The third-order valence-corrected chi connectivity index (χ3v) is 5.52. The fourth-order valence-corrected chi connectivity index (χ4v) is 3.76. The van der Waals surface area contributed by atoms with Crippen molar-refractivity contribution >= 4 is 52.2 Å². The normalized spacial score (nSPS) is 14.9. The maximum Gasteiger partial charge on any atom is 0.294 e. The maximum absolute atomic E-state index is 12.7. The van der Waals surface area contributed by atoms with Crippen molar-refractivity contribution in [2.75, 3.05) is 26.1 Å². The second-order valence-electron chi connectivity index (χ2n) is 6.39. The van der Waals surface area contributed by atoms with Gasteiger partial charge in [0.2, 0.25) is 5.91 Å². The summed E-state index contributed by atoms with van der Waals surface area (Å²) in [4.78, 5) is 38.4. The first-order valence-electron chi connectivity index (χ1n) is 8.85. The third-order valence-electron chi connectivity index (χ3n) is 4.36. The van der Waals surface area contributed by atoms with E-state index in [1.807, 2.05) is 6.92 Å². The Morgan fingerprint density at radius 2 is 1.77 bits per heavy atom. The minimum absolute atomic E-state index is 0.231. The molecule has 0 unspecified atom stereocenters. The van der Waals surface area contributed by atoms with Crippen molar-refractivity contribution in [3.05, 3.63) is 57.5 Å². The molecule has 1 N–H and O–H groups in total. The molecule has 0 bridgehead atoms. The second-order valence-corrected chi connectivity index (χ2v) is 7.82. The van der Waals surface area contributed by atoms with Crippen molar-refractivity contribution in [3.63, 3.8) is 0 Å². The number of rotatable bonds is 6. The zero-order valence-electron chi connectivity index (χ0n) is 16.5. The lowest BCUT2D eigenvalue weighted by Gasteiger charge is -2.13. The number of methoxy groups -OCH3 is 2. The van der Waals surface area contributed by atoms with E-state index >= 15 is 0 Å². The number of halogens is 1. The van der Waals surface area contributed by atoms with Crippen molar-refractivity contribution in [1.29, 1.82) is 0 Å². The van der Waals surface area contributed by atoms with E-state index in [-0.39, 0.29) is 11.4 Å². The van der Waals surface area contributed by atoms with Gasteiger partial charge in [0, 0.05) is 10.7 Å². The first-order valence-corrected chi connectivity index (χ1v) is 10.0. The number of hydrogen-bond acceptors (Lipinski definition) is 6. The van der Waals surface area contributed by atoms with Crippen LogP contribution in [0.25, 0.3) is 6.08 Å². The quantitative estimate of drug-likeness (QED) is 0.664. The summed E-state index contributed by atoms with van der Waals surface area (Å²) in [5.74, 6) is 0.0728. The highest BCUT2D eigenvalue weighted by Gasteiger charge is 2.36. The van der Waals surface area contributed by atoms with Gasteiger partial charge in [0.05, 0.1) is 19.1 Å². The van der Waals surface area contributed by atoms with Gasteiger partial charge in [-0.1, -0.05) is 11.6 Å². The largest absolute Gasteiger partial charge is 0.493 e. The highest BCUT2D eigenvalue weighted by atomic mass is 35.5. The lowest BCUT2D eigenvalue weighted by molar-refractivity contribution is -0.127. The first-order chi connectivity index (χ1) is 14.3. The number of nitrogens with zero attached hydrogens (tertiary/aromatic N) is 1. The van der Waals surface area contributed by atoms with Crippen LogP contribution in [-0.2, 0) is 9.59 Å². The number of anilines is 1. The average molecular weight is 447 g/mol. The molecular formula is C21H19ClN2O5S. The van der Waals surface area contributed by atoms with Gasteiger partial charge in [-0.2, -0.15) is 0 Å². The molecule has 3 rings (SSSR count). The molecule has 30 heavy (non-hydrogen) atoms. The molecule has 0 atom stereocenters. The van der Waals surface area contributed by atoms with Crippen molar-refractivity contribution in [3.8, 4) is 11.5 Å². The lowest BCUT2D eigenvalue weighted by atomic mass is 10.1. The van der Waals surface area contributed by atoms with Gasteiger partial charge in [0.15, 0.2) is 11.5 Å². The SMILES string of the molecule is COc1cc(C)c(C=C2SC(=O)N(CC(=O)Nc3ccc(Cl)cc3)C2=O)cc1OC. The van der Waals surface area contributed by atoms with Crippen LogP contribution in [0.2, 0.25) is 5.02 Å². The van der Waals surface area contributed by atoms with Gasteiger partial charge in [0.1, 0.15) is 6.54 Å². The number of nitrogens with one attached hydrogen (secondary N) is 1. The molecule has 1 aliphatic rings. The Morgan fingerprint density at radius 1 is 1.13 bits per heavy atom. The molecule has 2 aromatic rings.